The molecule has 2 aromatic rings. The Morgan fingerprint density at radius 2 is 1.62 bits per heavy atom. The molecule has 0 radical (unpaired) electrons. The van der Waals surface area contributed by atoms with Gasteiger partial charge in [-0.3, -0.25) is 0 Å². The van der Waals surface area contributed by atoms with E-state index in [4.69, 9.17) is 20.3 Å². The van der Waals surface area contributed by atoms with Crippen LogP contribution in [0.2, 0.25) is 0 Å². The molecule has 0 saturated heterocycles. The van der Waals surface area contributed by atoms with Gasteiger partial charge in [0.05, 0.1) is 25.2 Å². The summed E-state index contributed by atoms with van der Waals surface area (Å²) in [6.45, 7) is 0. The number of ether oxygens (including phenoxy) is 2. The molecule has 112 valence electrons. The predicted molar refractivity (Wildman–Crippen MR) is 76.4 cm³/mol. The lowest BCUT2D eigenvalue weighted by Gasteiger charge is -2.10. The van der Waals surface area contributed by atoms with Crippen molar-refractivity contribution in [3.05, 3.63) is 24.3 Å². The van der Waals surface area contributed by atoms with Gasteiger partial charge >= 0.3 is 0 Å². The summed E-state index contributed by atoms with van der Waals surface area (Å²) in [5, 5.41) is 5.20. The highest BCUT2D eigenvalue weighted by Gasteiger charge is 2.19. The minimum Gasteiger partial charge on any atom is -0.481 e. The quantitative estimate of drug-likeness (QED) is 0.781. The van der Waals surface area contributed by atoms with Crippen LogP contribution in [0.1, 0.15) is 0 Å². The third-order valence-electron chi connectivity index (χ3n) is 2.65. The largest absolute Gasteiger partial charge is 0.481 e. The molecule has 0 bridgehead atoms. The van der Waals surface area contributed by atoms with Crippen molar-refractivity contribution in [2.75, 3.05) is 20.0 Å². The van der Waals surface area contributed by atoms with Crippen molar-refractivity contribution in [2.45, 2.75) is 4.90 Å². The smallest absolute Gasteiger partial charge is 0.238 e. The van der Waals surface area contributed by atoms with E-state index < -0.39 is 10.0 Å². The lowest BCUT2D eigenvalue weighted by molar-refractivity contribution is 0.372. The highest BCUT2D eigenvalue weighted by Crippen LogP contribution is 2.29. The molecule has 0 aliphatic heterocycles. The highest BCUT2D eigenvalue weighted by atomic mass is 32.2. The van der Waals surface area contributed by atoms with Gasteiger partial charge < -0.3 is 15.2 Å². The van der Waals surface area contributed by atoms with E-state index in [1.165, 1.54) is 38.5 Å². The zero-order valence-corrected chi connectivity index (χ0v) is 12.2. The Hall–Kier alpha value is -2.39. The molecule has 0 fully saturated rings. The summed E-state index contributed by atoms with van der Waals surface area (Å²) in [6.07, 6.45) is 0. The van der Waals surface area contributed by atoms with Crippen molar-refractivity contribution in [1.82, 2.24) is 9.97 Å². The summed E-state index contributed by atoms with van der Waals surface area (Å²) in [7, 11) is -1.11. The molecule has 0 saturated carbocycles. The van der Waals surface area contributed by atoms with Crippen LogP contribution in [-0.4, -0.2) is 32.6 Å². The van der Waals surface area contributed by atoms with Gasteiger partial charge in [0.2, 0.25) is 21.8 Å². The van der Waals surface area contributed by atoms with Gasteiger partial charge in [0.25, 0.3) is 0 Å². The summed E-state index contributed by atoms with van der Waals surface area (Å²) >= 11 is 0. The second-order valence-corrected chi connectivity index (χ2v) is 5.61. The SMILES string of the molecule is COc1cc(OC)nc(-c2cc(N)ccc2S(N)(=O)=O)n1. The molecule has 4 N–H and O–H groups in total. The Morgan fingerprint density at radius 1 is 1.05 bits per heavy atom. The van der Waals surface area contributed by atoms with Crippen molar-refractivity contribution in [2.24, 2.45) is 5.14 Å². The van der Waals surface area contributed by atoms with E-state index in [1.807, 2.05) is 0 Å². The second-order valence-electron chi connectivity index (χ2n) is 4.08. The van der Waals surface area contributed by atoms with Crippen LogP contribution in [0.3, 0.4) is 0 Å². The zero-order valence-electron chi connectivity index (χ0n) is 11.4. The van der Waals surface area contributed by atoms with Crippen LogP contribution >= 0.6 is 0 Å². The maximum Gasteiger partial charge on any atom is 0.238 e. The lowest BCUT2D eigenvalue weighted by Crippen LogP contribution is -2.14. The number of methoxy groups -OCH3 is 2. The fourth-order valence-corrected chi connectivity index (χ4v) is 2.42. The molecular formula is C12H14N4O4S. The van der Waals surface area contributed by atoms with E-state index in [1.54, 1.807) is 0 Å². The first-order valence-electron chi connectivity index (χ1n) is 5.75. The zero-order chi connectivity index (χ0) is 15.6. The fourth-order valence-electron chi connectivity index (χ4n) is 1.70. The van der Waals surface area contributed by atoms with Gasteiger partial charge in [0.1, 0.15) is 0 Å². The second kappa shape index (κ2) is 5.54. The summed E-state index contributed by atoms with van der Waals surface area (Å²) in [6, 6.07) is 5.62. The van der Waals surface area contributed by atoms with Crippen molar-refractivity contribution >= 4 is 15.7 Å². The number of nitrogens with two attached hydrogens (primary N) is 2. The third kappa shape index (κ3) is 3.20. The van der Waals surface area contributed by atoms with Crippen molar-refractivity contribution < 1.29 is 17.9 Å². The van der Waals surface area contributed by atoms with Crippen LogP contribution in [0, 0.1) is 0 Å². The number of primary sulfonamides is 1. The number of nitrogens with zero attached hydrogens (tertiary/aromatic N) is 2. The van der Waals surface area contributed by atoms with Crippen LogP contribution in [-0.2, 0) is 10.0 Å². The van der Waals surface area contributed by atoms with Gasteiger partial charge in [-0.15, -0.1) is 0 Å². The van der Waals surface area contributed by atoms with Gasteiger partial charge in [-0.1, -0.05) is 0 Å². The lowest BCUT2D eigenvalue weighted by atomic mass is 10.2. The van der Waals surface area contributed by atoms with Crippen LogP contribution in [0.5, 0.6) is 11.8 Å². The molecule has 0 aliphatic rings. The number of nitrogen functional groups attached to an aromatic ring is 1. The molecule has 2 rings (SSSR count). The molecular weight excluding hydrogens is 296 g/mol. The molecule has 1 aromatic heterocycles. The highest BCUT2D eigenvalue weighted by molar-refractivity contribution is 7.89. The number of rotatable bonds is 4. The van der Waals surface area contributed by atoms with E-state index >= 15 is 0 Å². The Labute approximate surface area is 121 Å². The maximum atomic E-state index is 11.7. The van der Waals surface area contributed by atoms with Crippen molar-refractivity contribution in [3.63, 3.8) is 0 Å². The fraction of sp³-hybridized carbons (Fsp3) is 0.167. The third-order valence-corrected chi connectivity index (χ3v) is 3.62. The first-order valence-corrected chi connectivity index (χ1v) is 7.29. The molecule has 21 heavy (non-hydrogen) atoms. The maximum absolute atomic E-state index is 11.7. The molecule has 0 unspecified atom stereocenters. The summed E-state index contributed by atoms with van der Waals surface area (Å²) in [5.74, 6) is 0.529. The van der Waals surface area contributed by atoms with Crippen molar-refractivity contribution in [3.8, 4) is 23.1 Å². The number of hydrogen-bond donors (Lipinski definition) is 2. The van der Waals surface area contributed by atoms with Gasteiger partial charge in [-0.25, -0.2) is 13.6 Å². The van der Waals surface area contributed by atoms with Crippen LogP contribution in [0.15, 0.2) is 29.2 Å². The number of sulfonamides is 1. The first kappa shape index (κ1) is 15.0. The monoisotopic (exact) mass is 310 g/mol. The Morgan fingerprint density at radius 3 is 2.10 bits per heavy atom. The van der Waals surface area contributed by atoms with E-state index in [2.05, 4.69) is 9.97 Å². The molecule has 1 heterocycles. The Kier molecular flexibility index (Phi) is 3.96. The molecule has 0 atom stereocenters. The van der Waals surface area contributed by atoms with Gasteiger partial charge in [0, 0.05) is 11.3 Å². The molecule has 0 spiro atoms. The minimum atomic E-state index is -3.95. The molecule has 0 amide bonds. The topological polar surface area (TPSA) is 130 Å². The van der Waals surface area contributed by atoms with Crippen LogP contribution in [0.25, 0.3) is 11.4 Å². The first-order chi connectivity index (χ1) is 9.85. The van der Waals surface area contributed by atoms with Gasteiger partial charge in [-0.2, -0.15) is 9.97 Å². The Bertz CT molecular complexity index is 755. The standard InChI is InChI=1S/C12H14N4O4S/c1-19-10-6-11(20-2)16-12(15-10)8-5-7(13)3-4-9(8)21(14,17)18/h3-6H,13H2,1-2H3,(H2,14,17,18). The molecule has 1 aromatic carbocycles. The minimum absolute atomic E-state index is 0.0857. The van der Waals surface area contributed by atoms with Crippen molar-refractivity contribution in [1.29, 1.82) is 0 Å². The van der Waals surface area contributed by atoms with Gasteiger partial charge in [-0.05, 0) is 18.2 Å². The molecule has 0 aliphatic carbocycles. The van der Waals surface area contributed by atoms with Crippen LogP contribution in [0.4, 0.5) is 5.69 Å². The summed E-state index contributed by atoms with van der Waals surface area (Å²) in [4.78, 5) is 8.06. The van der Waals surface area contributed by atoms with Gasteiger partial charge in [0.15, 0.2) is 5.82 Å². The van der Waals surface area contributed by atoms with Crippen LogP contribution < -0.4 is 20.3 Å². The predicted octanol–water partition coefficient (Wildman–Crippen LogP) is 0.390. The average molecular weight is 310 g/mol. The van der Waals surface area contributed by atoms with E-state index in [0.717, 1.165) is 0 Å². The normalized spacial score (nSPS) is 11.2. The molecule has 9 heteroatoms. The van der Waals surface area contributed by atoms with E-state index in [0.29, 0.717) is 5.69 Å². The number of aromatic nitrogens is 2. The molecule has 8 nitrogen and oxygen atoms in total. The number of benzene rings is 1. The average Bonchev–Trinajstić information content (AvgIpc) is 2.45. The number of anilines is 1. The van der Waals surface area contributed by atoms with E-state index in [-0.39, 0.29) is 28.0 Å². The summed E-state index contributed by atoms with van der Waals surface area (Å²) in [5.41, 5.74) is 6.22. The van der Waals surface area contributed by atoms with E-state index in [9.17, 15) is 8.42 Å². The number of hydrogen-bond acceptors (Lipinski definition) is 7. The Balaban J connectivity index is 2.74. The summed E-state index contributed by atoms with van der Waals surface area (Å²) < 4.78 is 33.4.